The molecule has 4 rings (SSSR count). The van der Waals surface area contributed by atoms with Gasteiger partial charge in [0.15, 0.2) is 5.82 Å². The first kappa shape index (κ1) is 18.2. The lowest BCUT2D eigenvalue weighted by molar-refractivity contribution is -0.137. The fourth-order valence-electron chi connectivity index (χ4n) is 3.24. The number of alkyl halides is 3. The summed E-state index contributed by atoms with van der Waals surface area (Å²) in [6.07, 6.45) is 0.425. The third kappa shape index (κ3) is 3.62. The molecule has 7 nitrogen and oxygen atoms in total. The summed E-state index contributed by atoms with van der Waals surface area (Å²) in [6, 6.07) is 6.01. The Labute approximate surface area is 159 Å². The minimum atomic E-state index is -4.43. The van der Waals surface area contributed by atoms with Crippen molar-refractivity contribution in [3.63, 3.8) is 0 Å². The van der Waals surface area contributed by atoms with Gasteiger partial charge in [0.05, 0.1) is 5.56 Å². The summed E-state index contributed by atoms with van der Waals surface area (Å²) in [7, 11) is 0. The van der Waals surface area contributed by atoms with Gasteiger partial charge >= 0.3 is 6.18 Å². The number of hydrogen-bond donors (Lipinski definition) is 0. The summed E-state index contributed by atoms with van der Waals surface area (Å²) in [5.41, 5.74) is -0.706. The van der Waals surface area contributed by atoms with Gasteiger partial charge in [-0.1, -0.05) is 0 Å². The minimum Gasteiger partial charge on any atom is -0.353 e. The fraction of sp³-hybridized carbons (Fsp3) is 0.333. The van der Waals surface area contributed by atoms with Crippen LogP contribution in [-0.2, 0) is 6.18 Å². The maximum Gasteiger partial charge on any atom is 0.419 e. The van der Waals surface area contributed by atoms with Crippen molar-refractivity contribution < 1.29 is 13.2 Å². The largest absolute Gasteiger partial charge is 0.419 e. The molecule has 10 heteroatoms. The summed E-state index contributed by atoms with van der Waals surface area (Å²) in [6.45, 7) is 3.70. The zero-order valence-corrected chi connectivity index (χ0v) is 15.1. The van der Waals surface area contributed by atoms with Crippen molar-refractivity contribution in [3.05, 3.63) is 54.2 Å². The summed E-state index contributed by atoms with van der Waals surface area (Å²) >= 11 is 0. The molecular formula is C18H18F3N7. The van der Waals surface area contributed by atoms with E-state index in [4.69, 9.17) is 0 Å². The van der Waals surface area contributed by atoms with Crippen molar-refractivity contribution in [2.24, 2.45) is 0 Å². The van der Waals surface area contributed by atoms with Crippen LogP contribution < -0.4 is 9.80 Å². The van der Waals surface area contributed by atoms with Crippen molar-refractivity contribution in [2.75, 3.05) is 36.0 Å². The van der Waals surface area contributed by atoms with Crippen molar-refractivity contribution in [1.29, 1.82) is 0 Å². The number of piperazine rings is 1. The van der Waals surface area contributed by atoms with Gasteiger partial charge in [-0.05, 0) is 25.1 Å². The van der Waals surface area contributed by atoms with Crippen LogP contribution in [-0.4, -0.2) is 50.9 Å². The van der Waals surface area contributed by atoms with Crippen LogP contribution in [0.25, 0.3) is 5.82 Å². The number of hydrogen-bond acceptors (Lipinski definition) is 6. The molecule has 3 aromatic heterocycles. The van der Waals surface area contributed by atoms with E-state index in [0.717, 1.165) is 11.9 Å². The Bertz CT molecular complexity index is 948. The monoisotopic (exact) mass is 389 g/mol. The highest BCUT2D eigenvalue weighted by Gasteiger charge is 2.36. The van der Waals surface area contributed by atoms with E-state index in [9.17, 15) is 13.2 Å². The number of aromatic nitrogens is 5. The summed E-state index contributed by atoms with van der Waals surface area (Å²) < 4.78 is 41.4. The Morgan fingerprint density at radius 3 is 2.32 bits per heavy atom. The van der Waals surface area contributed by atoms with E-state index in [2.05, 4.69) is 20.1 Å². The van der Waals surface area contributed by atoms with Crippen LogP contribution in [0.15, 0.2) is 42.9 Å². The summed E-state index contributed by atoms with van der Waals surface area (Å²) in [4.78, 5) is 16.6. The summed E-state index contributed by atoms with van der Waals surface area (Å²) in [5.74, 6) is 1.97. The van der Waals surface area contributed by atoms with Gasteiger partial charge in [-0.15, -0.1) is 0 Å². The second-order valence-electron chi connectivity index (χ2n) is 6.43. The highest BCUT2D eigenvalue weighted by molar-refractivity contribution is 5.51. The van der Waals surface area contributed by atoms with Crippen LogP contribution in [0.5, 0.6) is 0 Å². The number of nitrogens with zero attached hydrogens (tertiary/aromatic N) is 7. The molecule has 0 saturated carbocycles. The van der Waals surface area contributed by atoms with Crippen molar-refractivity contribution in [1.82, 2.24) is 24.7 Å². The van der Waals surface area contributed by atoms with Crippen LogP contribution in [0, 0.1) is 6.92 Å². The molecule has 1 aliphatic rings. The zero-order chi connectivity index (χ0) is 19.7. The fourth-order valence-corrected chi connectivity index (χ4v) is 3.24. The second kappa shape index (κ2) is 7.10. The Morgan fingerprint density at radius 1 is 0.929 bits per heavy atom. The molecule has 0 aliphatic carbocycles. The molecule has 4 heterocycles. The number of rotatable bonds is 3. The van der Waals surface area contributed by atoms with Gasteiger partial charge in [0.25, 0.3) is 0 Å². The quantitative estimate of drug-likeness (QED) is 0.687. The lowest BCUT2D eigenvalue weighted by atomic mass is 10.2. The van der Waals surface area contributed by atoms with Gasteiger partial charge in [-0.2, -0.15) is 18.3 Å². The normalized spacial score (nSPS) is 15.1. The molecule has 28 heavy (non-hydrogen) atoms. The molecule has 0 amide bonds. The van der Waals surface area contributed by atoms with Gasteiger partial charge < -0.3 is 9.80 Å². The number of anilines is 2. The highest BCUT2D eigenvalue weighted by atomic mass is 19.4. The van der Waals surface area contributed by atoms with Crippen molar-refractivity contribution >= 4 is 11.6 Å². The molecule has 1 fully saturated rings. The average Bonchev–Trinajstić information content (AvgIpc) is 3.22. The minimum absolute atomic E-state index is 0.0225. The van der Waals surface area contributed by atoms with E-state index in [1.807, 2.05) is 11.0 Å². The number of pyridine rings is 1. The predicted molar refractivity (Wildman–Crippen MR) is 97.6 cm³/mol. The first-order valence-electron chi connectivity index (χ1n) is 8.79. The van der Waals surface area contributed by atoms with Crippen LogP contribution in [0.3, 0.4) is 0 Å². The van der Waals surface area contributed by atoms with Crippen molar-refractivity contribution in [3.8, 4) is 5.82 Å². The molecular weight excluding hydrogens is 371 g/mol. The predicted octanol–water partition coefficient (Wildman–Crippen LogP) is 2.71. The Morgan fingerprint density at radius 2 is 1.64 bits per heavy atom. The molecule has 0 unspecified atom stereocenters. The first-order valence-corrected chi connectivity index (χ1v) is 8.79. The average molecular weight is 389 g/mol. The van der Waals surface area contributed by atoms with Crippen LogP contribution >= 0.6 is 0 Å². The Kier molecular flexibility index (Phi) is 4.62. The van der Waals surface area contributed by atoms with Crippen molar-refractivity contribution in [2.45, 2.75) is 13.1 Å². The van der Waals surface area contributed by atoms with Gasteiger partial charge in [-0.3, -0.25) is 0 Å². The summed E-state index contributed by atoms with van der Waals surface area (Å²) in [5, 5.41) is 4.18. The second-order valence-corrected chi connectivity index (χ2v) is 6.43. The van der Waals surface area contributed by atoms with Gasteiger partial charge in [-0.25, -0.2) is 19.6 Å². The van der Waals surface area contributed by atoms with E-state index in [0.29, 0.717) is 37.8 Å². The first-order chi connectivity index (χ1) is 13.4. The molecule has 0 spiro atoms. The van der Waals surface area contributed by atoms with E-state index < -0.39 is 11.7 Å². The SMILES string of the molecule is Cc1nc(N2CCN(c3ncccc3C(F)(F)F)CC2)cc(-n2cccn2)n1. The molecule has 146 valence electrons. The lowest BCUT2D eigenvalue weighted by Gasteiger charge is -2.37. The number of aryl methyl sites for hydroxylation is 1. The van der Waals surface area contributed by atoms with Gasteiger partial charge in [0.1, 0.15) is 17.5 Å². The molecule has 0 aromatic carbocycles. The van der Waals surface area contributed by atoms with Crippen LogP contribution in [0.4, 0.5) is 24.8 Å². The molecule has 0 atom stereocenters. The van der Waals surface area contributed by atoms with E-state index in [1.54, 1.807) is 35.0 Å². The molecule has 0 N–H and O–H groups in total. The highest BCUT2D eigenvalue weighted by Crippen LogP contribution is 2.35. The molecule has 0 radical (unpaired) electrons. The zero-order valence-electron chi connectivity index (χ0n) is 15.1. The number of halogens is 3. The van der Waals surface area contributed by atoms with Gasteiger partial charge in [0, 0.05) is 50.8 Å². The molecule has 3 aromatic rings. The Balaban J connectivity index is 1.53. The maximum absolute atomic E-state index is 13.3. The third-order valence-electron chi connectivity index (χ3n) is 4.55. The van der Waals surface area contributed by atoms with E-state index >= 15 is 0 Å². The topological polar surface area (TPSA) is 63.0 Å². The standard InChI is InChI=1S/C18H18F3N7/c1-13-24-15(12-16(25-13)28-7-3-6-23-28)26-8-10-27(11-9-26)17-14(18(19,20)21)4-2-5-22-17/h2-7,12H,8-11H2,1H3. The molecule has 1 aliphatic heterocycles. The lowest BCUT2D eigenvalue weighted by Crippen LogP contribution is -2.47. The van der Waals surface area contributed by atoms with E-state index in [1.165, 1.54) is 12.3 Å². The molecule has 0 bridgehead atoms. The van der Waals surface area contributed by atoms with E-state index in [-0.39, 0.29) is 5.82 Å². The van der Waals surface area contributed by atoms with Crippen LogP contribution in [0.1, 0.15) is 11.4 Å². The smallest absolute Gasteiger partial charge is 0.353 e. The maximum atomic E-state index is 13.3. The third-order valence-corrected chi connectivity index (χ3v) is 4.55. The van der Waals surface area contributed by atoms with Crippen LogP contribution in [0.2, 0.25) is 0 Å². The molecule has 1 saturated heterocycles. The Hall–Kier alpha value is -3.17. The van der Waals surface area contributed by atoms with Gasteiger partial charge in [0.2, 0.25) is 0 Å².